The molecule has 2 aromatic carbocycles. The normalized spacial score (nSPS) is 18.9. The summed E-state index contributed by atoms with van der Waals surface area (Å²) in [6, 6.07) is 12.0. The summed E-state index contributed by atoms with van der Waals surface area (Å²) in [7, 11) is 0. The average Bonchev–Trinajstić information content (AvgIpc) is 3.34. The third-order valence-corrected chi connectivity index (χ3v) is 10.9. The van der Waals surface area contributed by atoms with E-state index in [0.29, 0.717) is 66.6 Å². The van der Waals surface area contributed by atoms with Crippen molar-refractivity contribution < 1.29 is 37.1 Å². The van der Waals surface area contributed by atoms with Crippen molar-refractivity contribution in [1.82, 2.24) is 20.1 Å². The molecule has 3 N–H and O–H groups in total. The first kappa shape index (κ1) is 43.2. The Labute approximate surface area is 349 Å². The number of nitrogens with zero attached hydrogens (tertiary/aromatic N) is 6. The van der Waals surface area contributed by atoms with Gasteiger partial charge >= 0.3 is 6.18 Å². The molecule has 0 bridgehead atoms. The molecule has 19 heteroatoms. The van der Waals surface area contributed by atoms with Gasteiger partial charge in [-0.1, -0.05) is 25.4 Å². The number of benzene rings is 2. The van der Waals surface area contributed by atoms with Crippen LogP contribution in [-0.2, 0) is 25.4 Å². The number of imide groups is 1. The lowest BCUT2D eigenvalue weighted by Gasteiger charge is -2.34. The van der Waals surface area contributed by atoms with Crippen molar-refractivity contribution in [3.05, 3.63) is 70.5 Å². The number of hydrogen-bond donors (Lipinski definition) is 3. The molecule has 3 fully saturated rings. The maximum Gasteiger partial charge on any atom is 0.419 e. The van der Waals surface area contributed by atoms with Crippen LogP contribution in [-0.4, -0.2) is 101 Å². The van der Waals surface area contributed by atoms with E-state index in [1.165, 1.54) is 6.07 Å². The summed E-state index contributed by atoms with van der Waals surface area (Å²) in [4.78, 5) is 60.9. The van der Waals surface area contributed by atoms with Crippen molar-refractivity contribution in [1.29, 1.82) is 5.26 Å². The van der Waals surface area contributed by atoms with Crippen LogP contribution in [0, 0.1) is 11.3 Å². The van der Waals surface area contributed by atoms with Crippen LogP contribution in [0.2, 0.25) is 5.02 Å². The fourth-order valence-corrected chi connectivity index (χ4v) is 7.99. The maximum absolute atomic E-state index is 13.8. The van der Waals surface area contributed by atoms with Crippen LogP contribution in [0.3, 0.4) is 0 Å². The first-order chi connectivity index (χ1) is 27.8. The quantitative estimate of drug-likeness (QED) is 0.155. The summed E-state index contributed by atoms with van der Waals surface area (Å²) < 4.78 is 47.5. The van der Waals surface area contributed by atoms with E-state index in [-0.39, 0.29) is 41.5 Å². The Hall–Kier alpha value is -5.35. The average molecular weight is 854 g/mol. The third-order valence-electron chi connectivity index (χ3n) is 10.3. The molecule has 59 heavy (non-hydrogen) atoms. The molecular weight excluding hydrogens is 811 g/mol. The molecule has 312 valence electrons. The number of aromatic nitrogens is 1. The topological polar surface area (TPSA) is 163 Å². The van der Waals surface area contributed by atoms with E-state index in [1.807, 2.05) is 19.9 Å². The predicted octanol–water partition coefficient (Wildman–Crippen LogP) is 5.52. The molecule has 0 aliphatic carbocycles. The highest BCUT2D eigenvalue weighted by molar-refractivity contribution is 7.81. The Kier molecular flexibility index (Phi) is 12.8. The highest BCUT2D eigenvalue weighted by Crippen LogP contribution is 2.41. The standard InChI is InChI=1S/C40H43ClF3N9O5S/c1-23(2)29-18-27(53-38(59)52(37(57)39(53,3)4)28-19-30(40(42,43)44)32(20-45)46-21-28)5-7-33(29)58-14-13-50-9-11-51(12-10-50)22-35(55)48-26-16-24(41)15-25(17-26)47-31-6-8-34(54)49-36(31)56/h5,7,15-19,21,23,31,47H,6,8-14,22H2,1-4H3,(H,48,55)(H,49,54,56). The second-order valence-electron chi connectivity index (χ2n) is 15.3. The van der Waals surface area contributed by atoms with Gasteiger partial charge in [0.2, 0.25) is 17.7 Å². The summed E-state index contributed by atoms with van der Waals surface area (Å²) in [6.45, 7) is 11.2. The maximum atomic E-state index is 13.8. The monoisotopic (exact) mass is 853 g/mol. The summed E-state index contributed by atoms with van der Waals surface area (Å²) in [5, 5.41) is 17.8. The number of hydrogen-bond acceptors (Lipinski definition) is 11. The smallest absolute Gasteiger partial charge is 0.419 e. The van der Waals surface area contributed by atoms with Gasteiger partial charge in [-0.2, -0.15) is 18.4 Å². The number of piperidine rings is 1. The Bertz CT molecular complexity index is 2210. The second kappa shape index (κ2) is 17.5. The molecule has 4 heterocycles. The zero-order valence-electron chi connectivity index (χ0n) is 32.8. The Morgan fingerprint density at radius 1 is 1.07 bits per heavy atom. The van der Waals surface area contributed by atoms with E-state index in [1.54, 1.807) is 49.1 Å². The molecule has 6 rings (SSSR count). The lowest BCUT2D eigenvalue weighted by Crippen LogP contribution is -2.49. The summed E-state index contributed by atoms with van der Waals surface area (Å²) in [5.74, 6) is -0.832. The molecule has 1 atom stereocenters. The molecule has 14 nitrogen and oxygen atoms in total. The van der Waals surface area contributed by atoms with Crippen molar-refractivity contribution in [2.75, 3.05) is 66.3 Å². The van der Waals surface area contributed by atoms with E-state index in [9.17, 15) is 37.6 Å². The fraction of sp³-hybridized carbons (Fsp3) is 0.425. The molecule has 1 unspecified atom stereocenters. The van der Waals surface area contributed by atoms with Crippen LogP contribution >= 0.6 is 23.8 Å². The van der Waals surface area contributed by atoms with Crippen LogP contribution in [0.1, 0.15) is 63.3 Å². The SMILES string of the molecule is CC(C)c1cc(N2C(=S)N(c3cnc(C#N)c(C(F)(F)F)c3)C(=O)C2(C)C)ccc1OCCN1CCN(CC(=O)Nc2cc(Cl)cc(NC3CCC(=O)NC3=O)c2)CC1. The van der Waals surface area contributed by atoms with Gasteiger partial charge in [0.25, 0.3) is 5.91 Å². The van der Waals surface area contributed by atoms with Gasteiger partial charge in [0.1, 0.15) is 30.0 Å². The van der Waals surface area contributed by atoms with E-state index < -0.39 is 40.8 Å². The number of amides is 4. The third kappa shape index (κ3) is 9.76. The number of carbonyl (C=O) groups excluding carboxylic acids is 4. The van der Waals surface area contributed by atoms with Crippen molar-refractivity contribution in [3.8, 4) is 11.8 Å². The van der Waals surface area contributed by atoms with Gasteiger partial charge in [0.15, 0.2) is 10.8 Å². The van der Waals surface area contributed by atoms with Crippen molar-refractivity contribution in [3.63, 3.8) is 0 Å². The minimum atomic E-state index is -4.87. The van der Waals surface area contributed by atoms with Gasteiger partial charge in [-0.25, -0.2) is 4.98 Å². The van der Waals surface area contributed by atoms with Crippen LogP contribution in [0.5, 0.6) is 5.75 Å². The minimum Gasteiger partial charge on any atom is -0.492 e. The Balaban J connectivity index is 1.02. The van der Waals surface area contributed by atoms with Gasteiger partial charge in [0.05, 0.1) is 24.0 Å². The zero-order valence-corrected chi connectivity index (χ0v) is 34.4. The van der Waals surface area contributed by atoms with E-state index in [4.69, 9.17) is 28.6 Å². The lowest BCUT2D eigenvalue weighted by atomic mass is 9.98. The molecule has 0 radical (unpaired) electrons. The number of nitrogens with one attached hydrogen (secondary N) is 3. The van der Waals surface area contributed by atoms with Crippen LogP contribution in [0.4, 0.5) is 35.9 Å². The number of nitriles is 1. The fourth-order valence-electron chi connectivity index (χ4n) is 7.23. The molecule has 3 aliphatic rings. The van der Waals surface area contributed by atoms with Gasteiger partial charge in [-0.15, -0.1) is 0 Å². The number of halogens is 4. The van der Waals surface area contributed by atoms with Crippen molar-refractivity contribution in [2.24, 2.45) is 0 Å². The van der Waals surface area contributed by atoms with Crippen molar-refractivity contribution >= 4 is 75.3 Å². The number of ether oxygens (including phenoxy) is 1. The molecule has 0 spiro atoms. The van der Waals surface area contributed by atoms with Crippen LogP contribution in [0.15, 0.2) is 48.7 Å². The van der Waals surface area contributed by atoms with E-state index >= 15 is 0 Å². The molecule has 4 amide bonds. The zero-order chi connectivity index (χ0) is 42.8. The first-order valence-corrected chi connectivity index (χ1v) is 19.7. The van der Waals surface area contributed by atoms with Gasteiger partial charge in [0, 0.05) is 61.2 Å². The molecule has 1 aromatic heterocycles. The highest BCUT2D eigenvalue weighted by Gasteiger charge is 2.51. The van der Waals surface area contributed by atoms with Gasteiger partial charge in [-0.3, -0.25) is 39.2 Å². The summed E-state index contributed by atoms with van der Waals surface area (Å²) >= 11 is 12.0. The van der Waals surface area contributed by atoms with Gasteiger partial charge in [-0.05, 0) is 86.4 Å². The molecule has 0 saturated carbocycles. The highest BCUT2D eigenvalue weighted by atomic mass is 35.5. The molecular formula is C40H43ClF3N9O5S. The van der Waals surface area contributed by atoms with Crippen LogP contribution in [0.25, 0.3) is 0 Å². The van der Waals surface area contributed by atoms with Gasteiger partial charge < -0.3 is 20.3 Å². The Morgan fingerprint density at radius 3 is 2.42 bits per heavy atom. The van der Waals surface area contributed by atoms with E-state index in [0.717, 1.165) is 29.7 Å². The number of rotatable bonds is 12. The first-order valence-electron chi connectivity index (χ1n) is 18.9. The number of anilines is 4. The lowest BCUT2D eigenvalue weighted by molar-refractivity contribution is -0.138. The van der Waals surface area contributed by atoms with Crippen LogP contribution < -0.4 is 30.5 Å². The molecule has 3 aliphatic heterocycles. The van der Waals surface area contributed by atoms with E-state index in [2.05, 4.69) is 30.7 Å². The second-order valence-corrected chi connectivity index (χ2v) is 16.1. The minimum absolute atomic E-state index is 0.00269. The largest absolute Gasteiger partial charge is 0.492 e. The number of piperazine rings is 1. The molecule has 3 aromatic rings. The number of pyridine rings is 1. The predicted molar refractivity (Wildman–Crippen MR) is 219 cm³/mol. The number of alkyl halides is 3. The summed E-state index contributed by atoms with van der Waals surface area (Å²) in [5.41, 5.74) is -1.08. The number of thiocarbonyl (C=S) groups is 1. The Morgan fingerprint density at radius 2 is 1.76 bits per heavy atom. The van der Waals surface area contributed by atoms with Crippen molar-refractivity contribution in [2.45, 2.75) is 64.2 Å². The number of carbonyl (C=O) groups is 4. The molecule has 3 saturated heterocycles. The summed E-state index contributed by atoms with van der Waals surface area (Å²) in [6.07, 6.45) is -3.25.